The third-order valence-electron chi connectivity index (χ3n) is 4.52. The van der Waals surface area contributed by atoms with Gasteiger partial charge in [-0.3, -0.25) is 14.6 Å². The summed E-state index contributed by atoms with van der Waals surface area (Å²) in [6, 6.07) is 11.7. The van der Waals surface area contributed by atoms with Crippen LogP contribution in [0.25, 0.3) is 11.1 Å². The van der Waals surface area contributed by atoms with E-state index in [0.717, 1.165) is 6.42 Å². The lowest BCUT2D eigenvalue weighted by atomic mass is 10.1. The molecule has 4 rings (SSSR count). The largest absolute Gasteiger partial charge is 0.417 e. The highest BCUT2D eigenvalue weighted by Gasteiger charge is 2.39. The van der Waals surface area contributed by atoms with Crippen LogP contribution in [0.2, 0.25) is 0 Å². The van der Waals surface area contributed by atoms with Crippen LogP contribution in [-0.4, -0.2) is 16.8 Å². The third-order valence-corrected chi connectivity index (χ3v) is 4.52. The van der Waals surface area contributed by atoms with Crippen molar-refractivity contribution in [3.05, 3.63) is 58.6 Å². The maximum absolute atomic E-state index is 12.5. The summed E-state index contributed by atoms with van der Waals surface area (Å²) in [5, 5.41) is 5.62. The first-order valence-electron chi connectivity index (χ1n) is 8.35. The molecule has 0 aliphatic heterocycles. The molecule has 2 atom stereocenters. The molecule has 2 amide bonds. The number of hydrogen-bond donors (Lipinski definition) is 3. The third kappa shape index (κ3) is 3.23. The molecule has 132 valence electrons. The van der Waals surface area contributed by atoms with E-state index >= 15 is 0 Å². The topological polar surface area (TPSA) is 104 Å². The van der Waals surface area contributed by atoms with Crippen molar-refractivity contribution in [3.63, 3.8) is 0 Å². The molecule has 0 spiro atoms. The average Bonchev–Trinajstić information content (AvgIpc) is 3.22. The van der Waals surface area contributed by atoms with E-state index in [1.807, 2.05) is 6.92 Å². The molecule has 0 saturated heterocycles. The number of H-pyrrole nitrogens is 1. The van der Waals surface area contributed by atoms with E-state index in [9.17, 15) is 14.4 Å². The number of aromatic nitrogens is 1. The first-order chi connectivity index (χ1) is 12.5. The van der Waals surface area contributed by atoms with Crippen LogP contribution < -0.4 is 16.4 Å². The Morgan fingerprint density at radius 1 is 1.12 bits per heavy atom. The van der Waals surface area contributed by atoms with Gasteiger partial charge in [-0.25, -0.2) is 4.79 Å². The van der Waals surface area contributed by atoms with Crippen LogP contribution in [0.15, 0.2) is 51.7 Å². The van der Waals surface area contributed by atoms with Crippen LogP contribution in [0.1, 0.15) is 23.7 Å². The van der Waals surface area contributed by atoms with Crippen molar-refractivity contribution >= 4 is 34.3 Å². The molecule has 1 aromatic heterocycles. The van der Waals surface area contributed by atoms with Gasteiger partial charge in [-0.05, 0) is 48.7 Å². The smallest absolute Gasteiger partial charge is 0.408 e. The van der Waals surface area contributed by atoms with Gasteiger partial charge < -0.3 is 15.1 Å². The molecule has 1 saturated carbocycles. The Kier molecular flexibility index (Phi) is 3.84. The average molecular weight is 351 g/mol. The molecule has 3 aromatic rings. The van der Waals surface area contributed by atoms with Gasteiger partial charge in [0.2, 0.25) is 5.91 Å². The molecule has 1 aliphatic carbocycles. The standard InChI is InChI=1S/C19H17N3O4/c1-10-7-14(10)18(24)21-12-4-2-3-11(8-12)17(23)20-13-5-6-16-15(9-13)22-19(25)26-16/h2-6,8-10,14H,7H2,1H3,(H,20,23)(H,21,24)(H,22,25). The molecule has 1 heterocycles. The van der Waals surface area contributed by atoms with Gasteiger partial charge in [0, 0.05) is 22.9 Å². The Hall–Kier alpha value is -3.35. The van der Waals surface area contributed by atoms with Crippen molar-refractivity contribution in [1.82, 2.24) is 4.98 Å². The second-order valence-corrected chi connectivity index (χ2v) is 6.57. The van der Waals surface area contributed by atoms with E-state index < -0.39 is 5.76 Å². The van der Waals surface area contributed by atoms with Gasteiger partial charge in [0.15, 0.2) is 5.58 Å². The van der Waals surface area contributed by atoms with Gasteiger partial charge in [0.1, 0.15) is 0 Å². The second-order valence-electron chi connectivity index (χ2n) is 6.57. The summed E-state index contributed by atoms with van der Waals surface area (Å²) in [6.07, 6.45) is 0.907. The summed E-state index contributed by atoms with van der Waals surface area (Å²) < 4.78 is 4.93. The van der Waals surface area contributed by atoms with E-state index in [2.05, 4.69) is 15.6 Å². The molecule has 2 unspecified atom stereocenters. The summed E-state index contributed by atoms with van der Waals surface area (Å²) >= 11 is 0. The van der Waals surface area contributed by atoms with E-state index in [4.69, 9.17) is 4.42 Å². The Morgan fingerprint density at radius 2 is 1.88 bits per heavy atom. The van der Waals surface area contributed by atoms with E-state index in [1.165, 1.54) is 0 Å². The fourth-order valence-electron chi connectivity index (χ4n) is 2.89. The zero-order chi connectivity index (χ0) is 18.3. The highest BCUT2D eigenvalue weighted by molar-refractivity contribution is 6.06. The zero-order valence-electron chi connectivity index (χ0n) is 14.0. The second kappa shape index (κ2) is 6.18. The molecular weight excluding hydrogens is 334 g/mol. The minimum absolute atomic E-state index is 0.00979. The van der Waals surface area contributed by atoms with Gasteiger partial charge >= 0.3 is 5.76 Å². The minimum Gasteiger partial charge on any atom is -0.408 e. The monoisotopic (exact) mass is 351 g/mol. The number of carbonyl (C=O) groups is 2. The number of amides is 2. The first-order valence-corrected chi connectivity index (χ1v) is 8.35. The molecule has 1 aliphatic rings. The highest BCUT2D eigenvalue weighted by atomic mass is 16.4. The fraction of sp³-hybridized carbons (Fsp3) is 0.211. The molecule has 2 aromatic carbocycles. The summed E-state index contributed by atoms with van der Waals surface area (Å²) in [6.45, 7) is 2.04. The number of hydrogen-bond acceptors (Lipinski definition) is 4. The van der Waals surface area contributed by atoms with Crippen molar-refractivity contribution in [2.45, 2.75) is 13.3 Å². The number of nitrogens with one attached hydrogen (secondary N) is 3. The van der Waals surface area contributed by atoms with Crippen LogP contribution in [0.3, 0.4) is 0 Å². The van der Waals surface area contributed by atoms with Crippen molar-refractivity contribution in [1.29, 1.82) is 0 Å². The number of rotatable bonds is 4. The van der Waals surface area contributed by atoms with Gasteiger partial charge in [0.05, 0.1) is 5.52 Å². The highest BCUT2D eigenvalue weighted by Crippen LogP contribution is 2.38. The van der Waals surface area contributed by atoms with E-state index in [0.29, 0.717) is 34.0 Å². The van der Waals surface area contributed by atoms with Crippen molar-refractivity contribution in [2.24, 2.45) is 11.8 Å². The summed E-state index contributed by atoms with van der Waals surface area (Å²) in [7, 11) is 0. The number of aromatic amines is 1. The Morgan fingerprint density at radius 3 is 2.65 bits per heavy atom. The summed E-state index contributed by atoms with van der Waals surface area (Å²) in [4.78, 5) is 38.2. The van der Waals surface area contributed by atoms with Crippen molar-refractivity contribution in [3.8, 4) is 0 Å². The summed E-state index contributed by atoms with van der Waals surface area (Å²) in [5.41, 5.74) is 2.48. The van der Waals surface area contributed by atoms with Gasteiger partial charge in [-0.1, -0.05) is 13.0 Å². The van der Waals surface area contributed by atoms with Crippen LogP contribution in [0.4, 0.5) is 11.4 Å². The lowest BCUT2D eigenvalue weighted by molar-refractivity contribution is -0.117. The molecule has 7 nitrogen and oxygen atoms in total. The van der Waals surface area contributed by atoms with Crippen LogP contribution in [0.5, 0.6) is 0 Å². The molecular formula is C19H17N3O4. The SMILES string of the molecule is CC1CC1C(=O)Nc1cccc(C(=O)Nc2ccc3oc(=O)[nH]c3c2)c1. The van der Waals surface area contributed by atoms with Crippen molar-refractivity contribution in [2.75, 3.05) is 10.6 Å². The van der Waals surface area contributed by atoms with Gasteiger partial charge in [-0.2, -0.15) is 0 Å². The molecule has 26 heavy (non-hydrogen) atoms. The maximum Gasteiger partial charge on any atom is 0.417 e. The zero-order valence-corrected chi connectivity index (χ0v) is 14.0. The predicted octanol–water partition coefficient (Wildman–Crippen LogP) is 2.97. The Labute approximate surface area is 148 Å². The quantitative estimate of drug-likeness (QED) is 0.672. The maximum atomic E-state index is 12.5. The Balaban J connectivity index is 1.49. The minimum atomic E-state index is -0.545. The number of fused-ring (bicyclic) bond motifs is 1. The normalized spacial score (nSPS) is 18.5. The van der Waals surface area contributed by atoms with Crippen LogP contribution in [0, 0.1) is 11.8 Å². The first kappa shape index (κ1) is 16.1. The number of anilines is 2. The van der Waals surface area contributed by atoms with Gasteiger partial charge in [0.25, 0.3) is 5.91 Å². The van der Waals surface area contributed by atoms with Gasteiger partial charge in [-0.15, -0.1) is 0 Å². The number of carbonyl (C=O) groups excluding carboxylic acids is 2. The fourth-order valence-corrected chi connectivity index (χ4v) is 2.89. The number of benzene rings is 2. The molecule has 3 N–H and O–H groups in total. The summed E-state index contributed by atoms with van der Waals surface area (Å²) in [5.74, 6) is -0.380. The van der Waals surface area contributed by atoms with Crippen molar-refractivity contribution < 1.29 is 14.0 Å². The van der Waals surface area contributed by atoms with Crippen LogP contribution >= 0.6 is 0 Å². The predicted molar refractivity (Wildman–Crippen MR) is 97.1 cm³/mol. The molecule has 0 radical (unpaired) electrons. The lowest BCUT2D eigenvalue weighted by Gasteiger charge is -2.08. The molecule has 7 heteroatoms. The number of oxazole rings is 1. The Bertz CT molecular complexity index is 1070. The molecule has 0 bridgehead atoms. The lowest BCUT2D eigenvalue weighted by Crippen LogP contribution is -2.16. The van der Waals surface area contributed by atoms with E-state index in [-0.39, 0.29) is 17.7 Å². The molecule has 1 fully saturated rings. The van der Waals surface area contributed by atoms with E-state index in [1.54, 1.807) is 42.5 Å². The van der Waals surface area contributed by atoms with Crippen LogP contribution in [-0.2, 0) is 4.79 Å².